The van der Waals surface area contributed by atoms with Crippen LogP contribution >= 0.6 is 0 Å². The summed E-state index contributed by atoms with van der Waals surface area (Å²) in [5.41, 5.74) is 0. The Morgan fingerprint density at radius 1 is 0.538 bits per heavy atom. The highest BCUT2D eigenvalue weighted by molar-refractivity contribution is 5.82. The van der Waals surface area contributed by atoms with Crippen LogP contribution in [0.5, 0.6) is 0 Å². The fourth-order valence-corrected chi connectivity index (χ4v) is 5.70. The number of unbranched alkanes of at least 4 members (excludes halogenated alkanes) is 21. The molecule has 0 atom stereocenters. The molecule has 0 aliphatic heterocycles. The van der Waals surface area contributed by atoms with E-state index >= 15 is 0 Å². The number of aliphatic imine (C=N–C) groups is 1. The van der Waals surface area contributed by atoms with Crippen LogP contribution < -0.4 is 0 Å². The summed E-state index contributed by atoms with van der Waals surface area (Å²) >= 11 is 0. The summed E-state index contributed by atoms with van der Waals surface area (Å²) in [4.78, 5) is 20.0. The van der Waals surface area contributed by atoms with E-state index in [1.807, 2.05) is 19.0 Å². The van der Waals surface area contributed by atoms with E-state index in [9.17, 15) is 9.90 Å². The van der Waals surface area contributed by atoms with E-state index in [0.29, 0.717) is 13.1 Å². The van der Waals surface area contributed by atoms with Crippen molar-refractivity contribution in [2.24, 2.45) is 4.99 Å². The molecule has 232 valence electrons. The number of carbonyl (C=O) groups is 1. The molecular weight excluding hydrogens is 482 g/mol. The van der Waals surface area contributed by atoms with E-state index in [1.54, 1.807) is 0 Å². The Hall–Kier alpha value is -1.10. The zero-order valence-corrected chi connectivity index (χ0v) is 27.3. The summed E-state index contributed by atoms with van der Waals surface area (Å²) in [5, 5.41) is 10.7. The molecule has 0 fully saturated rings. The fraction of sp³-hybridized carbons (Fsp3) is 0.941. The molecule has 0 rings (SSSR count). The average molecular weight is 553 g/mol. The van der Waals surface area contributed by atoms with Gasteiger partial charge in [0, 0.05) is 20.6 Å². The van der Waals surface area contributed by atoms with Crippen LogP contribution in [-0.2, 0) is 0 Å². The van der Waals surface area contributed by atoms with Gasteiger partial charge in [-0.2, -0.15) is 9.28 Å². The first-order valence-corrected chi connectivity index (χ1v) is 17.3. The molecule has 0 aliphatic rings. The minimum Gasteiger partial charge on any atom is -0.435 e. The molecule has 1 amide bonds. The minimum atomic E-state index is -0.718. The van der Waals surface area contributed by atoms with Gasteiger partial charge in [0.2, 0.25) is 0 Å². The first-order valence-electron chi connectivity index (χ1n) is 17.3. The molecule has 0 radical (unpaired) electrons. The molecule has 0 heterocycles. The standard InChI is InChI=1S/C34H69N3O2/c1-6-9-12-15-18-21-24-27-30-35-33(36(4)5)37(34(38)39,31-28-25-22-19-16-13-10-7-2)32-29-26-23-20-17-14-11-8-3/h6-32H2,1-5H3/p+1/b35-33+. The lowest BCUT2D eigenvalue weighted by Crippen LogP contribution is -2.61. The molecule has 1 N–H and O–H groups in total. The largest absolute Gasteiger partial charge is 0.521 e. The van der Waals surface area contributed by atoms with Crippen molar-refractivity contribution >= 4 is 12.1 Å². The third-order valence-corrected chi connectivity index (χ3v) is 8.20. The maximum Gasteiger partial charge on any atom is 0.521 e. The quantitative estimate of drug-likeness (QED) is 0.0477. The third kappa shape index (κ3) is 19.6. The predicted molar refractivity (Wildman–Crippen MR) is 172 cm³/mol. The van der Waals surface area contributed by atoms with Crippen LogP contribution in [0.3, 0.4) is 0 Å². The van der Waals surface area contributed by atoms with E-state index in [1.165, 1.54) is 122 Å². The molecule has 0 bridgehead atoms. The summed E-state index contributed by atoms with van der Waals surface area (Å²) < 4.78 is 0.00961. The van der Waals surface area contributed by atoms with E-state index in [-0.39, 0.29) is 4.48 Å². The second-order valence-electron chi connectivity index (χ2n) is 12.2. The normalized spacial score (nSPS) is 12.3. The first kappa shape index (κ1) is 37.9. The summed E-state index contributed by atoms with van der Waals surface area (Å²) in [5.74, 6) is 0.760. The molecule has 39 heavy (non-hydrogen) atoms. The number of rotatable bonds is 27. The van der Waals surface area contributed by atoms with Crippen LogP contribution in [0, 0.1) is 0 Å². The summed E-state index contributed by atoms with van der Waals surface area (Å²) in [6.07, 6.45) is 29.1. The van der Waals surface area contributed by atoms with E-state index in [4.69, 9.17) is 4.99 Å². The lowest BCUT2D eigenvalue weighted by Gasteiger charge is -2.35. The average Bonchev–Trinajstić information content (AvgIpc) is 2.91. The molecule has 0 aromatic carbocycles. The zero-order valence-electron chi connectivity index (χ0n) is 27.3. The molecule has 0 aliphatic carbocycles. The van der Waals surface area contributed by atoms with Crippen LogP contribution in [0.15, 0.2) is 4.99 Å². The maximum absolute atomic E-state index is 13.0. The maximum atomic E-state index is 13.0. The van der Waals surface area contributed by atoms with Gasteiger partial charge in [-0.25, -0.2) is 4.99 Å². The van der Waals surface area contributed by atoms with Crippen LogP contribution in [0.1, 0.15) is 175 Å². The highest BCUT2D eigenvalue weighted by atomic mass is 16.4. The van der Waals surface area contributed by atoms with Gasteiger partial charge in [-0.1, -0.05) is 143 Å². The number of nitrogens with zero attached hydrogens (tertiary/aromatic N) is 3. The topological polar surface area (TPSA) is 52.9 Å². The van der Waals surface area contributed by atoms with Crippen LogP contribution in [0.2, 0.25) is 0 Å². The Balaban J connectivity index is 5.09. The third-order valence-electron chi connectivity index (χ3n) is 8.20. The molecule has 5 nitrogen and oxygen atoms in total. The predicted octanol–water partition coefficient (Wildman–Crippen LogP) is 10.8. The Morgan fingerprint density at radius 2 is 0.846 bits per heavy atom. The van der Waals surface area contributed by atoms with Gasteiger partial charge < -0.3 is 10.0 Å². The lowest BCUT2D eigenvalue weighted by molar-refractivity contribution is -0.773. The van der Waals surface area contributed by atoms with Crippen molar-refractivity contribution < 1.29 is 14.4 Å². The molecule has 0 aromatic heterocycles. The Bertz CT molecular complexity index is 557. The first-order chi connectivity index (χ1) is 19.0. The number of hydrogen-bond acceptors (Lipinski definition) is 2. The SMILES string of the molecule is CCCCCCCCCC/N=C(\N(C)C)[N+](CCCCCCCCCC)(CCCCCCCCCC)C(=O)O. The van der Waals surface area contributed by atoms with Gasteiger partial charge >= 0.3 is 12.1 Å². The molecule has 0 spiro atoms. The molecule has 0 aromatic rings. The second-order valence-corrected chi connectivity index (χ2v) is 12.2. The Kier molecular flexibility index (Phi) is 26.3. The van der Waals surface area contributed by atoms with Crippen LogP contribution in [-0.4, -0.2) is 60.3 Å². The summed E-state index contributed by atoms with van der Waals surface area (Å²) in [6, 6.07) is 0. The molecular formula is C34H70N3O2+. The van der Waals surface area contributed by atoms with Crippen molar-refractivity contribution in [1.82, 2.24) is 4.90 Å². The van der Waals surface area contributed by atoms with Gasteiger partial charge in [-0.05, 0) is 32.1 Å². The van der Waals surface area contributed by atoms with Crippen LogP contribution in [0.4, 0.5) is 4.79 Å². The summed E-state index contributed by atoms with van der Waals surface area (Å²) in [6.45, 7) is 8.84. The number of amides is 1. The number of guanidine groups is 1. The van der Waals surface area contributed by atoms with Crippen molar-refractivity contribution in [3.8, 4) is 0 Å². The molecule has 0 saturated heterocycles. The van der Waals surface area contributed by atoms with Gasteiger partial charge in [0.15, 0.2) is 0 Å². The molecule has 0 saturated carbocycles. The van der Waals surface area contributed by atoms with Gasteiger partial charge in [-0.15, -0.1) is 0 Å². The zero-order chi connectivity index (χ0) is 29.0. The number of hydrogen-bond donors (Lipinski definition) is 1. The lowest BCUT2D eigenvalue weighted by atomic mass is 10.1. The van der Waals surface area contributed by atoms with Gasteiger partial charge in [0.1, 0.15) is 0 Å². The highest BCUT2D eigenvalue weighted by Crippen LogP contribution is 2.20. The van der Waals surface area contributed by atoms with Gasteiger partial charge in [0.05, 0.1) is 13.1 Å². The Morgan fingerprint density at radius 3 is 1.15 bits per heavy atom. The monoisotopic (exact) mass is 553 g/mol. The van der Waals surface area contributed by atoms with Crippen molar-refractivity contribution in [2.45, 2.75) is 175 Å². The smallest absolute Gasteiger partial charge is 0.435 e. The van der Waals surface area contributed by atoms with E-state index in [0.717, 1.165) is 44.6 Å². The Labute approximate surface area is 244 Å². The van der Waals surface area contributed by atoms with Crippen molar-refractivity contribution in [3.05, 3.63) is 0 Å². The second kappa shape index (κ2) is 27.1. The summed E-state index contributed by atoms with van der Waals surface area (Å²) in [7, 11) is 3.98. The number of carboxylic acid groups (broad SMARTS) is 1. The molecule has 0 unspecified atom stereocenters. The van der Waals surface area contributed by atoms with Gasteiger partial charge in [-0.3, -0.25) is 0 Å². The fourth-order valence-electron chi connectivity index (χ4n) is 5.70. The van der Waals surface area contributed by atoms with E-state index in [2.05, 4.69) is 20.8 Å². The highest BCUT2D eigenvalue weighted by Gasteiger charge is 2.43. The number of quaternary nitrogens is 1. The van der Waals surface area contributed by atoms with Gasteiger partial charge in [0.25, 0.3) is 0 Å². The van der Waals surface area contributed by atoms with Crippen molar-refractivity contribution in [1.29, 1.82) is 0 Å². The molecule has 5 heteroatoms. The van der Waals surface area contributed by atoms with Crippen LogP contribution in [0.25, 0.3) is 0 Å². The minimum absolute atomic E-state index is 0.00961. The van der Waals surface area contributed by atoms with Crippen molar-refractivity contribution in [3.63, 3.8) is 0 Å². The van der Waals surface area contributed by atoms with Crippen molar-refractivity contribution in [2.75, 3.05) is 33.7 Å². The van der Waals surface area contributed by atoms with E-state index < -0.39 is 6.09 Å².